The van der Waals surface area contributed by atoms with Gasteiger partial charge in [-0.3, -0.25) is 20.6 Å². The molecule has 3 aromatic carbocycles. The van der Waals surface area contributed by atoms with Crippen LogP contribution in [0.3, 0.4) is 0 Å². The first kappa shape index (κ1) is 27.1. The lowest BCUT2D eigenvalue weighted by Gasteiger charge is -2.32. The molecule has 0 atom stereocenters. The van der Waals surface area contributed by atoms with E-state index in [1.54, 1.807) is 23.2 Å². The summed E-state index contributed by atoms with van der Waals surface area (Å²) in [5.41, 5.74) is 4.37. The third kappa shape index (κ3) is 5.84. The molecule has 1 fully saturated rings. The van der Waals surface area contributed by atoms with Gasteiger partial charge >= 0.3 is 6.03 Å². The van der Waals surface area contributed by atoms with Crippen molar-refractivity contribution in [2.75, 3.05) is 28.6 Å². The molecule has 4 aromatic rings. The number of nitrogens with one attached hydrogen (secondary N) is 5. The summed E-state index contributed by atoms with van der Waals surface area (Å²) >= 11 is 0. The van der Waals surface area contributed by atoms with Gasteiger partial charge in [-0.2, -0.15) is 0 Å². The van der Waals surface area contributed by atoms with Crippen LogP contribution in [0.25, 0.3) is 0 Å². The molecule has 9 nitrogen and oxygen atoms in total. The number of fused-ring (bicyclic) bond motifs is 2. The van der Waals surface area contributed by atoms with Crippen LogP contribution in [0.2, 0.25) is 0 Å². The van der Waals surface area contributed by atoms with Crippen molar-refractivity contribution in [3.8, 4) is 0 Å². The van der Waals surface area contributed by atoms with Gasteiger partial charge in [0.05, 0.1) is 11.4 Å². The molecule has 42 heavy (non-hydrogen) atoms. The van der Waals surface area contributed by atoms with Crippen LogP contribution in [0, 0.1) is 16.6 Å². The molecule has 5 N–H and O–H groups in total. The van der Waals surface area contributed by atoms with Gasteiger partial charge in [-0.15, -0.1) is 0 Å². The second-order valence-corrected chi connectivity index (χ2v) is 10.4. The quantitative estimate of drug-likeness (QED) is 0.136. The van der Waals surface area contributed by atoms with Crippen molar-refractivity contribution in [1.82, 2.24) is 15.2 Å². The maximum Gasteiger partial charge on any atom is 0.319 e. The van der Waals surface area contributed by atoms with Gasteiger partial charge < -0.3 is 16.0 Å². The first-order valence-corrected chi connectivity index (χ1v) is 13.9. The van der Waals surface area contributed by atoms with Crippen molar-refractivity contribution in [3.63, 3.8) is 0 Å². The number of para-hydroxylation sites is 1. The summed E-state index contributed by atoms with van der Waals surface area (Å²) in [5.74, 6) is 0.610. The van der Waals surface area contributed by atoms with Crippen LogP contribution >= 0.6 is 0 Å². The molecule has 0 saturated carbocycles. The molecule has 2 aliphatic heterocycles. The Balaban J connectivity index is 0.00000184. The number of carbonyl (C=O) groups is 1. The van der Waals surface area contributed by atoms with Crippen LogP contribution in [-0.2, 0) is 6.54 Å². The second kappa shape index (κ2) is 11.8. The van der Waals surface area contributed by atoms with Crippen LogP contribution in [0.5, 0.6) is 0 Å². The minimum Gasteiger partial charge on any atom is -0.338 e. The van der Waals surface area contributed by atoms with Gasteiger partial charge in [0, 0.05) is 53.0 Å². The number of urea groups is 1. The molecule has 0 aliphatic carbocycles. The number of benzene rings is 3. The lowest BCUT2D eigenvalue weighted by Crippen LogP contribution is -2.45. The van der Waals surface area contributed by atoms with E-state index in [9.17, 15) is 9.18 Å². The van der Waals surface area contributed by atoms with E-state index in [2.05, 4.69) is 25.8 Å². The van der Waals surface area contributed by atoms with Crippen LogP contribution in [0.4, 0.5) is 32.1 Å². The third-order valence-electron chi connectivity index (χ3n) is 7.55. The predicted octanol–water partition coefficient (Wildman–Crippen LogP) is 6.66. The summed E-state index contributed by atoms with van der Waals surface area (Å²) in [6, 6.07) is 24.7. The number of likely N-dealkylation sites (tertiary alicyclic amines) is 1. The van der Waals surface area contributed by atoms with Gasteiger partial charge in [-0.25, -0.2) is 14.2 Å². The van der Waals surface area contributed by atoms with E-state index in [0.29, 0.717) is 28.3 Å². The highest BCUT2D eigenvalue weighted by Crippen LogP contribution is 2.34. The Kier molecular flexibility index (Phi) is 7.61. The summed E-state index contributed by atoms with van der Waals surface area (Å²) in [5, 5.41) is 27.0. The van der Waals surface area contributed by atoms with Crippen LogP contribution in [0.1, 0.15) is 33.8 Å². The Labute approximate surface area is 247 Å². The molecule has 0 spiro atoms. The minimum atomic E-state index is -0.391. The highest BCUT2D eigenvalue weighted by atomic mass is 19.1. The number of amidine groups is 2. The maximum absolute atomic E-state index is 13.4. The summed E-state index contributed by atoms with van der Waals surface area (Å²) in [6.07, 6.45) is 3.33. The molecular weight excluding hydrogens is 531 g/mol. The second-order valence-electron chi connectivity index (χ2n) is 10.4. The largest absolute Gasteiger partial charge is 0.338 e. The summed E-state index contributed by atoms with van der Waals surface area (Å²) in [4.78, 5) is 20.8. The molecule has 1 aromatic heterocycles. The van der Waals surface area contributed by atoms with Gasteiger partial charge in [0.1, 0.15) is 17.5 Å². The van der Waals surface area contributed by atoms with Gasteiger partial charge in [-0.05, 0) is 60.9 Å². The van der Waals surface area contributed by atoms with E-state index in [-0.39, 0.29) is 28.0 Å². The number of hydrogen-bond acceptors (Lipinski definition) is 6. The number of piperidine rings is 1. The van der Waals surface area contributed by atoms with Gasteiger partial charge in [0.15, 0.2) is 5.82 Å². The molecule has 218 valence electrons. The first-order chi connectivity index (χ1) is 20.4. The molecule has 6 rings (SSSR count). The number of carbonyl (C=O) groups excluding carboxylic acids is 1. The number of halogens is 1. The van der Waals surface area contributed by atoms with Crippen LogP contribution in [-0.4, -0.2) is 46.7 Å². The lowest BCUT2D eigenvalue weighted by atomic mass is 10.0. The molecule has 1 saturated heterocycles. The molecule has 0 radical (unpaired) electrons. The van der Waals surface area contributed by atoms with Crippen molar-refractivity contribution in [3.05, 3.63) is 114 Å². The van der Waals surface area contributed by atoms with Crippen LogP contribution < -0.4 is 20.9 Å². The fraction of sp³-hybridized carbons (Fsp3) is 0.188. The maximum atomic E-state index is 13.4. The fourth-order valence-corrected chi connectivity index (χ4v) is 5.38. The first-order valence-electron chi connectivity index (χ1n) is 13.9. The molecule has 3 heterocycles. The summed E-state index contributed by atoms with van der Waals surface area (Å²) < 4.78 is 13.4. The van der Waals surface area contributed by atoms with E-state index >= 15 is 0 Å². The van der Waals surface area contributed by atoms with Crippen molar-refractivity contribution in [1.29, 1.82) is 10.8 Å². The van der Waals surface area contributed by atoms with Gasteiger partial charge in [0.25, 0.3) is 0 Å². The van der Waals surface area contributed by atoms with Crippen LogP contribution in [0.15, 0.2) is 91.1 Å². The molecule has 2 aliphatic rings. The summed E-state index contributed by atoms with van der Waals surface area (Å²) in [7, 11) is 0. The number of nitrogens with zero attached hydrogens (tertiary/aromatic N) is 3. The zero-order valence-electron chi connectivity index (χ0n) is 22.9. The highest BCUT2D eigenvalue weighted by Gasteiger charge is 2.28. The molecule has 2 amide bonds. The smallest absolute Gasteiger partial charge is 0.319 e. The Morgan fingerprint density at radius 1 is 1.02 bits per heavy atom. The lowest BCUT2D eigenvalue weighted by molar-refractivity contribution is 0.190. The zero-order valence-corrected chi connectivity index (χ0v) is 22.9. The van der Waals surface area contributed by atoms with Crippen molar-refractivity contribution in [2.45, 2.75) is 25.4 Å². The van der Waals surface area contributed by atoms with Gasteiger partial charge in [-0.1, -0.05) is 42.5 Å². The number of anilines is 4. The van der Waals surface area contributed by atoms with Crippen molar-refractivity contribution in [2.24, 2.45) is 0 Å². The van der Waals surface area contributed by atoms with Gasteiger partial charge in [0.2, 0.25) is 0 Å². The standard InChI is InChI=1S/C32H31FN8O.3H2/c33-23-5-3-6-25(19-23)38-32(42)37-24-14-17-40(18-15-24)20-21-10-12-22(13-11-21)29(34)41-28-9-4-16-36-31(28)39-27-8-2-1-7-26(27)30(41)35;;;/h1-13,16,19,24,34-35H,14-15,17-18,20H2,(H,36,39)(H2,37,38,42);3*1H. The number of amides is 2. The Morgan fingerprint density at radius 2 is 1.81 bits per heavy atom. The average Bonchev–Trinajstić information content (AvgIpc) is 3.12. The van der Waals surface area contributed by atoms with E-state index in [1.807, 2.05) is 60.7 Å². The average molecular weight is 569 g/mol. The van der Waals surface area contributed by atoms with E-state index in [4.69, 9.17) is 10.8 Å². The normalized spacial score (nSPS) is 15.2. The molecule has 0 unspecified atom stereocenters. The number of aromatic nitrogens is 1. The Bertz CT molecular complexity index is 1650. The number of rotatable bonds is 5. The van der Waals surface area contributed by atoms with E-state index in [0.717, 1.165) is 43.7 Å². The van der Waals surface area contributed by atoms with Crippen molar-refractivity contribution >= 4 is 40.6 Å². The Hall–Kier alpha value is -5.09. The number of pyridine rings is 1. The zero-order chi connectivity index (χ0) is 29.1. The highest BCUT2D eigenvalue weighted by molar-refractivity contribution is 6.30. The molecular formula is C32H37FN8O. The predicted molar refractivity (Wildman–Crippen MR) is 170 cm³/mol. The fourth-order valence-electron chi connectivity index (χ4n) is 5.38. The van der Waals surface area contributed by atoms with E-state index < -0.39 is 5.82 Å². The molecule has 10 heteroatoms. The SMILES string of the molecule is N=C(c1ccc(CN2CCC(NC(=O)Nc3cccc(F)c3)CC2)cc1)N1C(=N)c2ccccc2Nc2ncccc21.[HH].[HH].[HH]. The summed E-state index contributed by atoms with van der Waals surface area (Å²) in [6.45, 7) is 2.44. The number of hydrogen-bond donors (Lipinski definition) is 5. The van der Waals surface area contributed by atoms with Crippen molar-refractivity contribution < 1.29 is 13.5 Å². The topological polar surface area (TPSA) is 120 Å². The van der Waals surface area contributed by atoms with E-state index in [1.165, 1.54) is 12.1 Å². The Morgan fingerprint density at radius 3 is 2.60 bits per heavy atom. The molecule has 0 bridgehead atoms. The third-order valence-corrected chi connectivity index (χ3v) is 7.55. The monoisotopic (exact) mass is 568 g/mol. The minimum absolute atomic E-state index is 0.